The number of rotatable bonds is 4. The molecule has 0 unspecified atom stereocenters. The number of hydrogen-bond acceptors (Lipinski definition) is 4. The lowest BCUT2D eigenvalue weighted by Crippen LogP contribution is -2.27. The molecular formula is C9H15N3O. The normalized spacial score (nSPS) is 17.3. The van der Waals surface area contributed by atoms with Gasteiger partial charge in [0.15, 0.2) is 0 Å². The van der Waals surface area contributed by atoms with Crippen LogP contribution in [0, 0.1) is 12.8 Å². The highest BCUT2D eigenvalue weighted by Gasteiger charge is 2.16. The standard InChI is InChI=1S/C9H15N3O/c1-7-9(12-13-11-7)6-10-5-8-3-2-4-8/h8,10H,2-6H2,1H3. The molecule has 0 saturated heterocycles. The van der Waals surface area contributed by atoms with Crippen LogP contribution in [0.1, 0.15) is 30.7 Å². The molecule has 0 spiro atoms. The predicted molar refractivity (Wildman–Crippen MR) is 48.1 cm³/mol. The van der Waals surface area contributed by atoms with Gasteiger partial charge in [0.2, 0.25) is 0 Å². The average molecular weight is 181 g/mol. The molecule has 4 heteroatoms. The van der Waals surface area contributed by atoms with E-state index in [0.29, 0.717) is 0 Å². The Labute approximate surface area is 77.7 Å². The van der Waals surface area contributed by atoms with E-state index in [1.54, 1.807) is 0 Å². The Morgan fingerprint density at radius 1 is 1.46 bits per heavy atom. The quantitative estimate of drug-likeness (QED) is 0.760. The van der Waals surface area contributed by atoms with Gasteiger partial charge < -0.3 is 5.32 Å². The molecule has 0 atom stereocenters. The van der Waals surface area contributed by atoms with Crippen LogP contribution >= 0.6 is 0 Å². The molecule has 1 saturated carbocycles. The SMILES string of the molecule is Cc1nonc1CNCC1CCC1. The molecule has 13 heavy (non-hydrogen) atoms. The first kappa shape index (κ1) is 8.69. The fourth-order valence-corrected chi connectivity index (χ4v) is 1.50. The van der Waals surface area contributed by atoms with E-state index >= 15 is 0 Å². The summed E-state index contributed by atoms with van der Waals surface area (Å²) in [7, 11) is 0. The van der Waals surface area contributed by atoms with E-state index in [1.807, 2.05) is 6.92 Å². The van der Waals surface area contributed by atoms with Crippen LogP contribution in [0.15, 0.2) is 4.63 Å². The monoisotopic (exact) mass is 181 g/mol. The second kappa shape index (κ2) is 3.87. The Kier molecular flexibility index (Phi) is 2.59. The zero-order valence-electron chi connectivity index (χ0n) is 7.92. The number of nitrogens with zero attached hydrogens (tertiary/aromatic N) is 2. The summed E-state index contributed by atoms with van der Waals surface area (Å²) >= 11 is 0. The van der Waals surface area contributed by atoms with Gasteiger partial charge in [0.25, 0.3) is 0 Å². The highest BCUT2D eigenvalue weighted by Crippen LogP contribution is 2.25. The summed E-state index contributed by atoms with van der Waals surface area (Å²) in [6.45, 7) is 3.80. The average Bonchev–Trinajstić information content (AvgIpc) is 2.42. The Morgan fingerprint density at radius 2 is 2.31 bits per heavy atom. The zero-order valence-corrected chi connectivity index (χ0v) is 7.92. The van der Waals surface area contributed by atoms with Crippen LogP contribution in [-0.2, 0) is 6.54 Å². The first-order valence-corrected chi connectivity index (χ1v) is 4.85. The molecule has 2 rings (SSSR count). The molecular weight excluding hydrogens is 166 g/mol. The Balaban J connectivity index is 1.70. The second-order valence-corrected chi connectivity index (χ2v) is 3.72. The van der Waals surface area contributed by atoms with Crippen molar-refractivity contribution >= 4 is 0 Å². The van der Waals surface area contributed by atoms with Gasteiger partial charge in [-0.15, -0.1) is 0 Å². The van der Waals surface area contributed by atoms with Gasteiger partial charge in [0.1, 0.15) is 11.4 Å². The smallest absolute Gasteiger partial charge is 0.121 e. The number of nitrogens with one attached hydrogen (secondary N) is 1. The summed E-state index contributed by atoms with van der Waals surface area (Å²) in [6, 6.07) is 0. The van der Waals surface area contributed by atoms with Crippen molar-refractivity contribution in [3.05, 3.63) is 11.4 Å². The minimum atomic E-state index is 0.784. The van der Waals surface area contributed by atoms with E-state index in [2.05, 4.69) is 20.3 Å². The third-order valence-corrected chi connectivity index (χ3v) is 2.70. The van der Waals surface area contributed by atoms with E-state index in [9.17, 15) is 0 Å². The molecule has 1 aliphatic carbocycles. The van der Waals surface area contributed by atoms with Crippen molar-refractivity contribution in [2.75, 3.05) is 6.54 Å². The van der Waals surface area contributed by atoms with Gasteiger partial charge in [-0.1, -0.05) is 16.7 Å². The first-order valence-electron chi connectivity index (χ1n) is 4.85. The summed E-state index contributed by atoms with van der Waals surface area (Å²) < 4.78 is 4.60. The predicted octanol–water partition coefficient (Wildman–Crippen LogP) is 1.27. The lowest BCUT2D eigenvalue weighted by molar-refractivity contribution is 0.291. The molecule has 0 radical (unpaired) electrons. The molecule has 0 amide bonds. The van der Waals surface area contributed by atoms with E-state index in [0.717, 1.165) is 30.4 Å². The van der Waals surface area contributed by atoms with Crippen LogP contribution in [0.25, 0.3) is 0 Å². The first-order chi connectivity index (χ1) is 6.36. The maximum atomic E-state index is 4.60. The van der Waals surface area contributed by atoms with E-state index in [1.165, 1.54) is 19.3 Å². The number of hydrogen-bond donors (Lipinski definition) is 1. The summed E-state index contributed by atoms with van der Waals surface area (Å²) in [5.74, 6) is 0.889. The second-order valence-electron chi connectivity index (χ2n) is 3.72. The largest absolute Gasteiger partial charge is 0.311 e. The van der Waals surface area contributed by atoms with Gasteiger partial charge in [-0.3, -0.25) is 0 Å². The van der Waals surface area contributed by atoms with Crippen LogP contribution < -0.4 is 5.32 Å². The van der Waals surface area contributed by atoms with Crippen molar-refractivity contribution in [1.29, 1.82) is 0 Å². The Bertz CT molecular complexity index is 268. The minimum Gasteiger partial charge on any atom is -0.311 e. The molecule has 1 N–H and O–H groups in total. The van der Waals surface area contributed by atoms with Crippen molar-refractivity contribution in [3.8, 4) is 0 Å². The van der Waals surface area contributed by atoms with E-state index in [4.69, 9.17) is 0 Å². The van der Waals surface area contributed by atoms with Crippen molar-refractivity contribution in [2.24, 2.45) is 5.92 Å². The Hall–Kier alpha value is -0.900. The molecule has 1 aromatic heterocycles. The molecule has 72 valence electrons. The van der Waals surface area contributed by atoms with Gasteiger partial charge >= 0.3 is 0 Å². The van der Waals surface area contributed by atoms with Gasteiger partial charge in [0, 0.05) is 6.54 Å². The van der Waals surface area contributed by atoms with Gasteiger partial charge in [-0.25, -0.2) is 4.63 Å². The molecule has 1 fully saturated rings. The number of aryl methyl sites for hydroxylation is 1. The van der Waals surface area contributed by atoms with Crippen LogP contribution in [0.5, 0.6) is 0 Å². The molecule has 1 aromatic rings. The van der Waals surface area contributed by atoms with Gasteiger partial charge in [-0.05, 0) is 32.2 Å². The third-order valence-electron chi connectivity index (χ3n) is 2.70. The highest BCUT2D eigenvalue weighted by atomic mass is 16.6. The van der Waals surface area contributed by atoms with Gasteiger partial charge in [-0.2, -0.15) is 0 Å². The van der Waals surface area contributed by atoms with Crippen molar-refractivity contribution in [2.45, 2.75) is 32.7 Å². The highest BCUT2D eigenvalue weighted by molar-refractivity contribution is 5.03. The van der Waals surface area contributed by atoms with Crippen LogP contribution in [0.2, 0.25) is 0 Å². The van der Waals surface area contributed by atoms with E-state index in [-0.39, 0.29) is 0 Å². The topological polar surface area (TPSA) is 51.0 Å². The lowest BCUT2D eigenvalue weighted by Gasteiger charge is -2.25. The summed E-state index contributed by atoms with van der Waals surface area (Å²) in [4.78, 5) is 0. The molecule has 0 aromatic carbocycles. The van der Waals surface area contributed by atoms with Crippen molar-refractivity contribution in [3.63, 3.8) is 0 Å². The molecule has 0 bridgehead atoms. The van der Waals surface area contributed by atoms with Crippen LogP contribution in [0.4, 0.5) is 0 Å². The number of aromatic nitrogens is 2. The molecule has 1 heterocycles. The van der Waals surface area contributed by atoms with Crippen LogP contribution in [-0.4, -0.2) is 16.9 Å². The maximum Gasteiger partial charge on any atom is 0.121 e. The molecule has 0 aliphatic heterocycles. The Morgan fingerprint density at radius 3 is 2.85 bits per heavy atom. The van der Waals surface area contributed by atoms with Crippen molar-refractivity contribution < 1.29 is 4.63 Å². The summed E-state index contributed by atoms with van der Waals surface area (Å²) in [6.07, 6.45) is 4.16. The van der Waals surface area contributed by atoms with Gasteiger partial charge in [0.05, 0.1) is 0 Å². The zero-order chi connectivity index (χ0) is 9.10. The maximum absolute atomic E-state index is 4.60. The fourth-order valence-electron chi connectivity index (χ4n) is 1.50. The van der Waals surface area contributed by atoms with Crippen LogP contribution in [0.3, 0.4) is 0 Å². The lowest BCUT2D eigenvalue weighted by atomic mass is 9.85. The molecule has 1 aliphatic rings. The fraction of sp³-hybridized carbons (Fsp3) is 0.778. The minimum absolute atomic E-state index is 0.784. The van der Waals surface area contributed by atoms with Crippen molar-refractivity contribution in [1.82, 2.24) is 15.6 Å². The summed E-state index contributed by atoms with van der Waals surface area (Å²) in [5, 5.41) is 10.9. The molecule has 4 nitrogen and oxygen atoms in total. The van der Waals surface area contributed by atoms with E-state index < -0.39 is 0 Å². The third kappa shape index (κ3) is 2.06. The summed E-state index contributed by atoms with van der Waals surface area (Å²) in [5.41, 5.74) is 1.82.